The van der Waals surface area contributed by atoms with Gasteiger partial charge in [0, 0.05) is 11.6 Å². The zero-order valence-electron chi connectivity index (χ0n) is 8.14. The fourth-order valence-corrected chi connectivity index (χ4v) is 1.90. The van der Waals surface area contributed by atoms with Crippen LogP contribution in [0.3, 0.4) is 0 Å². The molecule has 2 unspecified atom stereocenters. The van der Waals surface area contributed by atoms with Crippen LogP contribution in [0.5, 0.6) is 0 Å². The van der Waals surface area contributed by atoms with Gasteiger partial charge in [0.2, 0.25) is 0 Å². The van der Waals surface area contributed by atoms with Crippen LogP contribution in [-0.2, 0) is 0 Å². The number of nitrogens with one attached hydrogen (secondary N) is 1. The smallest absolute Gasteiger partial charge is 0.143 e. The highest BCUT2D eigenvalue weighted by molar-refractivity contribution is 5.22. The molecule has 1 N–H and O–H groups in total. The number of rotatable bonds is 2. The molecule has 2 atom stereocenters. The monoisotopic (exact) mass is 215 g/mol. The van der Waals surface area contributed by atoms with Crippen molar-refractivity contribution in [3.05, 3.63) is 35.4 Å². The highest BCUT2D eigenvalue weighted by Gasteiger charge is 2.27. The average Bonchev–Trinajstić information content (AvgIpc) is 2.74. The summed E-state index contributed by atoms with van der Waals surface area (Å²) >= 11 is 0. The quantitative estimate of drug-likeness (QED) is 0.799. The van der Waals surface area contributed by atoms with Crippen molar-refractivity contribution in [2.75, 3.05) is 6.54 Å². The second-order valence-corrected chi connectivity index (χ2v) is 3.77. The predicted molar refractivity (Wildman–Crippen MR) is 51.2 cm³/mol. The average molecular weight is 215 g/mol. The van der Waals surface area contributed by atoms with Crippen LogP contribution in [0.15, 0.2) is 18.2 Å². The lowest BCUT2D eigenvalue weighted by molar-refractivity contribution is 0.263. The van der Waals surface area contributed by atoms with Crippen LogP contribution < -0.4 is 5.32 Å². The number of hydrogen-bond acceptors (Lipinski definition) is 1. The van der Waals surface area contributed by atoms with Gasteiger partial charge in [0.25, 0.3) is 0 Å². The number of benzene rings is 1. The van der Waals surface area contributed by atoms with Gasteiger partial charge in [-0.2, -0.15) is 0 Å². The molecular formula is C11H12F3N. The van der Waals surface area contributed by atoms with E-state index in [2.05, 4.69) is 5.32 Å². The van der Waals surface area contributed by atoms with Gasteiger partial charge in [-0.3, -0.25) is 0 Å². The third-order valence-corrected chi connectivity index (χ3v) is 2.71. The Balaban J connectivity index is 2.23. The van der Waals surface area contributed by atoms with Crippen LogP contribution in [0.2, 0.25) is 0 Å². The van der Waals surface area contributed by atoms with Gasteiger partial charge in [0.1, 0.15) is 17.8 Å². The standard InChI is InChI=1S/C11H12F3N/c12-7-3-4-9(13)8(6-7)11(14)10-2-1-5-15-10/h3-4,6,10-11,15H,1-2,5H2. The maximum absolute atomic E-state index is 13.8. The first kappa shape index (κ1) is 10.5. The first-order valence-electron chi connectivity index (χ1n) is 5.01. The lowest BCUT2D eigenvalue weighted by Gasteiger charge is -2.16. The van der Waals surface area contributed by atoms with Crippen molar-refractivity contribution in [3.63, 3.8) is 0 Å². The topological polar surface area (TPSA) is 12.0 Å². The van der Waals surface area contributed by atoms with Crippen molar-refractivity contribution < 1.29 is 13.2 Å². The summed E-state index contributed by atoms with van der Waals surface area (Å²) in [5.74, 6) is -1.29. The zero-order valence-corrected chi connectivity index (χ0v) is 8.14. The van der Waals surface area contributed by atoms with Crippen molar-refractivity contribution >= 4 is 0 Å². The molecule has 82 valence electrons. The van der Waals surface area contributed by atoms with Gasteiger partial charge in [0.15, 0.2) is 0 Å². The lowest BCUT2D eigenvalue weighted by atomic mass is 10.0. The van der Waals surface area contributed by atoms with Gasteiger partial charge in [-0.1, -0.05) is 0 Å². The van der Waals surface area contributed by atoms with Gasteiger partial charge in [-0.25, -0.2) is 13.2 Å². The first-order valence-corrected chi connectivity index (χ1v) is 5.01. The van der Waals surface area contributed by atoms with Crippen molar-refractivity contribution in [2.45, 2.75) is 25.1 Å². The zero-order chi connectivity index (χ0) is 10.8. The van der Waals surface area contributed by atoms with Crippen LogP contribution in [0.4, 0.5) is 13.2 Å². The van der Waals surface area contributed by atoms with E-state index in [1.54, 1.807) is 0 Å². The Bertz CT molecular complexity index is 348. The second kappa shape index (κ2) is 4.23. The van der Waals surface area contributed by atoms with Gasteiger partial charge in [-0.15, -0.1) is 0 Å². The summed E-state index contributed by atoms with van der Waals surface area (Å²) in [5.41, 5.74) is -0.186. The van der Waals surface area contributed by atoms with E-state index in [1.807, 2.05) is 0 Å². The fourth-order valence-electron chi connectivity index (χ4n) is 1.90. The van der Waals surface area contributed by atoms with Crippen molar-refractivity contribution in [3.8, 4) is 0 Å². The van der Waals surface area contributed by atoms with Crippen molar-refractivity contribution in [2.24, 2.45) is 0 Å². The van der Waals surface area contributed by atoms with Crippen molar-refractivity contribution in [1.82, 2.24) is 5.32 Å². The molecule has 1 aliphatic rings. The lowest BCUT2D eigenvalue weighted by Crippen LogP contribution is -2.27. The summed E-state index contributed by atoms with van der Waals surface area (Å²) in [4.78, 5) is 0. The normalized spacial score (nSPS) is 23.0. The van der Waals surface area contributed by atoms with Crippen LogP contribution in [0.1, 0.15) is 24.6 Å². The molecule has 1 nitrogen and oxygen atoms in total. The minimum absolute atomic E-state index is 0.186. The minimum Gasteiger partial charge on any atom is -0.311 e. The van der Waals surface area contributed by atoms with Crippen LogP contribution in [-0.4, -0.2) is 12.6 Å². The summed E-state index contributed by atoms with van der Waals surface area (Å²) in [7, 11) is 0. The maximum atomic E-state index is 13.8. The summed E-state index contributed by atoms with van der Waals surface area (Å²) in [6.45, 7) is 0.738. The van der Waals surface area contributed by atoms with E-state index >= 15 is 0 Å². The largest absolute Gasteiger partial charge is 0.311 e. The molecule has 0 amide bonds. The molecule has 1 aromatic rings. The van der Waals surface area contributed by atoms with E-state index in [0.29, 0.717) is 6.42 Å². The molecule has 1 fully saturated rings. The Kier molecular flexibility index (Phi) is 2.95. The Morgan fingerprint density at radius 1 is 1.33 bits per heavy atom. The Morgan fingerprint density at radius 3 is 2.80 bits per heavy atom. The van der Waals surface area contributed by atoms with Crippen LogP contribution >= 0.6 is 0 Å². The van der Waals surface area contributed by atoms with E-state index in [1.165, 1.54) is 0 Å². The fraction of sp³-hybridized carbons (Fsp3) is 0.455. The molecule has 0 aliphatic carbocycles. The maximum Gasteiger partial charge on any atom is 0.143 e. The van der Waals surface area contributed by atoms with Gasteiger partial charge in [-0.05, 0) is 37.6 Å². The molecule has 1 aliphatic heterocycles. The molecule has 0 bridgehead atoms. The van der Waals surface area contributed by atoms with E-state index in [0.717, 1.165) is 31.2 Å². The molecular weight excluding hydrogens is 203 g/mol. The number of halogens is 3. The molecule has 2 rings (SSSR count). The molecule has 0 aromatic heterocycles. The molecule has 0 radical (unpaired) electrons. The highest BCUT2D eigenvalue weighted by atomic mass is 19.1. The van der Waals surface area contributed by atoms with E-state index < -0.39 is 17.8 Å². The Morgan fingerprint density at radius 2 is 2.13 bits per heavy atom. The molecule has 0 spiro atoms. The number of hydrogen-bond donors (Lipinski definition) is 1. The van der Waals surface area contributed by atoms with Gasteiger partial charge >= 0.3 is 0 Å². The molecule has 4 heteroatoms. The third-order valence-electron chi connectivity index (χ3n) is 2.71. The third kappa shape index (κ3) is 2.15. The SMILES string of the molecule is Fc1ccc(F)c(C(F)C2CCCN2)c1. The first-order chi connectivity index (χ1) is 7.18. The van der Waals surface area contributed by atoms with Crippen LogP contribution in [0, 0.1) is 11.6 Å². The van der Waals surface area contributed by atoms with Crippen molar-refractivity contribution in [1.29, 1.82) is 0 Å². The summed E-state index contributed by atoms with van der Waals surface area (Å²) < 4.78 is 39.9. The van der Waals surface area contributed by atoms with Gasteiger partial charge in [0.05, 0.1) is 0 Å². The van der Waals surface area contributed by atoms with E-state index in [9.17, 15) is 13.2 Å². The predicted octanol–water partition coefficient (Wildman–Crippen LogP) is 2.73. The molecule has 0 saturated carbocycles. The molecule has 1 saturated heterocycles. The second-order valence-electron chi connectivity index (χ2n) is 3.77. The minimum atomic E-state index is -1.47. The van der Waals surface area contributed by atoms with Gasteiger partial charge < -0.3 is 5.32 Å². The van der Waals surface area contributed by atoms with E-state index in [4.69, 9.17) is 0 Å². The molecule has 1 heterocycles. The molecule has 1 aromatic carbocycles. The van der Waals surface area contributed by atoms with E-state index in [-0.39, 0.29) is 11.6 Å². The Hall–Kier alpha value is -1.03. The number of alkyl halides is 1. The highest BCUT2D eigenvalue weighted by Crippen LogP contribution is 2.28. The summed E-state index contributed by atoms with van der Waals surface area (Å²) in [5, 5.41) is 2.94. The van der Waals surface area contributed by atoms with Crippen LogP contribution in [0.25, 0.3) is 0 Å². The summed E-state index contributed by atoms with van der Waals surface area (Å²) in [6, 6.07) is 2.50. The Labute approximate surface area is 86.3 Å². The summed E-state index contributed by atoms with van der Waals surface area (Å²) in [6.07, 6.45) is 0.0716. The molecule has 15 heavy (non-hydrogen) atoms.